The monoisotopic (exact) mass is 392 g/mol. The van der Waals surface area contributed by atoms with Crippen molar-refractivity contribution in [2.45, 2.75) is 0 Å². The Morgan fingerprint density at radius 3 is 2.31 bits per heavy atom. The van der Waals surface area contributed by atoms with Gasteiger partial charge in [0.05, 0.1) is 13.2 Å². The van der Waals surface area contributed by atoms with Crippen molar-refractivity contribution in [3.8, 4) is 0 Å². The number of carbonyl (C=O) groups excluding carboxylic acids is 1. The lowest BCUT2D eigenvalue weighted by Gasteiger charge is -2.35. The molecule has 1 aromatic carbocycles. The van der Waals surface area contributed by atoms with E-state index in [1.807, 2.05) is 41.3 Å². The van der Waals surface area contributed by atoms with E-state index in [-0.39, 0.29) is 5.91 Å². The number of hydrogen-bond donors (Lipinski definition) is 1. The molecule has 8 nitrogen and oxygen atoms in total. The highest BCUT2D eigenvalue weighted by Gasteiger charge is 2.24. The summed E-state index contributed by atoms with van der Waals surface area (Å²) in [5.74, 6) is 1.91. The summed E-state index contributed by atoms with van der Waals surface area (Å²) in [5.41, 5.74) is 1.64. The van der Waals surface area contributed by atoms with Crippen molar-refractivity contribution in [1.29, 1.82) is 0 Å². The fraction of sp³-hybridized carbons (Fsp3) is 0.381. The van der Waals surface area contributed by atoms with Crippen LogP contribution in [0.2, 0.25) is 0 Å². The normalized spacial score (nSPS) is 17.7. The zero-order valence-corrected chi connectivity index (χ0v) is 16.3. The third-order valence-electron chi connectivity index (χ3n) is 5.62. The lowest BCUT2D eigenvalue weighted by molar-refractivity contribution is 0.0741. The molecule has 0 atom stereocenters. The SMILES string of the molecule is O=C(c1cc2ccccc2[nH]1)N1CCN(c2cc(N3CCOCC3)ncn2)CC1. The van der Waals surface area contributed by atoms with Gasteiger partial charge in [0.15, 0.2) is 0 Å². The second-order valence-corrected chi connectivity index (χ2v) is 7.38. The third-order valence-corrected chi connectivity index (χ3v) is 5.62. The fourth-order valence-corrected chi connectivity index (χ4v) is 3.97. The number of ether oxygens (including phenoxy) is 1. The summed E-state index contributed by atoms with van der Waals surface area (Å²) in [6.07, 6.45) is 1.63. The van der Waals surface area contributed by atoms with Gasteiger partial charge in [-0.3, -0.25) is 4.79 Å². The number of amides is 1. The van der Waals surface area contributed by atoms with E-state index in [1.165, 1.54) is 0 Å². The summed E-state index contributed by atoms with van der Waals surface area (Å²) in [4.78, 5) is 31.4. The van der Waals surface area contributed by atoms with Crippen molar-refractivity contribution in [2.75, 3.05) is 62.3 Å². The number of piperazine rings is 1. The minimum atomic E-state index is 0.0533. The molecule has 5 rings (SSSR count). The smallest absolute Gasteiger partial charge is 0.270 e. The topological polar surface area (TPSA) is 77.6 Å². The minimum absolute atomic E-state index is 0.0533. The summed E-state index contributed by atoms with van der Waals surface area (Å²) >= 11 is 0. The van der Waals surface area contributed by atoms with Crippen LogP contribution in [-0.2, 0) is 4.74 Å². The van der Waals surface area contributed by atoms with Crippen LogP contribution in [0.15, 0.2) is 42.7 Å². The maximum absolute atomic E-state index is 12.9. The number of fused-ring (bicyclic) bond motifs is 1. The number of para-hydroxylation sites is 1. The second kappa shape index (κ2) is 7.71. The van der Waals surface area contributed by atoms with Gasteiger partial charge in [-0.1, -0.05) is 18.2 Å². The molecule has 0 unspecified atom stereocenters. The molecule has 0 aliphatic carbocycles. The molecule has 1 N–H and O–H groups in total. The van der Waals surface area contributed by atoms with Crippen LogP contribution in [0.3, 0.4) is 0 Å². The Morgan fingerprint density at radius 1 is 0.897 bits per heavy atom. The van der Waals surface area contributed by atoms with Crippen LogP contribution in [0.5, 0.6) is 0 Å². The number of aromatic nitrogens is 3. The first-order valence-electron chi connectivity index (χ1n) is 10.0. The van der Waals surface area contributed by atoms with Crippen LogP contribution in [0, 0.1) is 0 Å². The summed E-state index contributed by atoms with van der Waals surface area (Å²) in [5, 5.41) is 1.06. The molecule has 2 aromatic heterocycles. The molecule has 4 heterocycles. The lowest BCUT2D eigenvalue weighted by atomic mass is 10.2. The number of H-pyrrole nitrogens is 1. The number of hydrogen-bond acceptors (Lipinski definition) is 6. The van der Waals surface area contributed by atoms with Gasteiger partial charge in [-0.2, -0.15) is 0 Å². The van der Waals surface area contributed by atoms with Gasteiger partial charge in [-0.25, -0.2) is 9.97 Å². The van der Waals surface area contributed by atoms with Crippen molar-refractivity contribution in [3.63, 3.8) is 0 Å². The Kier molecular flexibility index (Phi) is 4.77. The molecule has 150 valence electrons. The number of nitrogens with one attached hydrogen (secondary N) is 1. The Balaban J connectivity index is 1.25. The number of aromatic amines is 1. The second-order valence-electron chi connectivity index (χ2n) is 7.38. The van der Waals surface area contributed by atoms with E-state index in [0.29, 0.717) is 18.8 Å². The van der Waals surface area contributed by atoms with Gasteiger partial charge in [0, 0.05) is 56.2 Å². The van der Waals surface area contributed by atoms with Gasteiger partial charge in [0.25, 0.3) is 5.91 Å². The molecule has 29 heavy (non-hydrogen) atoms. The van der Waals surface area contributed by atoms with Crippen molar-refractivity contribution >= 4 is 28.4 Å². The van der Waals surface area contributed by atoms with Crippen LogP contribution < -0.4 is 9.80 Å². The Bertz CT molecular complexity index is 972. The molecule has 0 bridgehead atoms. The number of carbonyl (C=O) groups is 1. The zero-order chi connectivity index (χ0) is 19.6. The molecule has 0 radical (unpaired) electrons. The van der Waals surface area contributed by atoms with E-state index >= 15 is 0 Å². The predicted octanol–water partition coefficient (Wildman–Crippen LogP) is 1.76. The van der Waals surface area contributed by atoms with Gasteiger partial charge in [0.1, 0.15) is 23.7 Å². The predicted molar refractivity (Wildman–Crippen MR) is 111 cm³/mol. The average molecular weight is 392 g/mol. The molecule has 0 spiro atoms. The summed E-state index contributed by atoms with van der Waals surface area (Å²) < 4.78 is 5.42. The maximum Gasteiger partial charge on any atom is 0.270 e. The number of anilines is 2. The van der Waals surface area contributed by atoms with Crippen LogP contribution in [-0.4, -0.2) is 78.2 Å². The van der Waals surface area contributed by atoms with Gasteiger partial charge in [0.2, 0.25) is 0 Å². The zero-order valence-electron chi connectivity index (χ0n) is 16.3. The highest BCUT2D eigenvalue weighted by molar-refractivity contribution is 5.98. The van der Waals surface area contributed by atoms with Crippen LogP contribution in [0.1, 0.15) is 10.5 Å². The molecule has 2 aliphatic heterocycles. The number of nitrogens with zero attached hydrogens (tertiary/aromatic N) is 5. The molecule has 3 aromatic rings. The van der Waals surface area contributed by atoms with Gasteiger partial charge < -0.3 is 24.4 Å². The van der Waals surface area contributed by atoms with Gasteiger partial charge >= 0.3 is 0 Å². The number of rotatable bonds is 3. The molecule has 0 saturated carbocycles. The first-order valence-corrected chi connectivity index (χ1v) is 10.0. The first-order chi connectivity index (χ1) is 14.3. The van der Waals surface area contributed by atoms with E-state index < -0.39 is 0 Å². The fourth-order valence-electron chi connectivity index (χ4n) is 3.97. The molecular weight excluding hydrogens is 368 g/mol. The van der Waals surface area contributed by atoms with E-state index in [4.69, 9.17) is 4.74 Å². The minimum Gasteiger partial charge on any atom is -0.378 e. The average Bonchev–Trinajstić information content (AvgIpc) is 3.24. The van der Waals surface area contributed by atoms with Crippen molar-refractivity contribution in [2.24, 2.45) is 0 Å². The van der Waals surface area contributed by atoms with E-state index in [0.717, 1.165) is 61.9 Å². The Hall–Kier alpha value is -3.13. The van der Waals surface area contributed by atoms with E-state index in [2.05, 4.69) is 24.8 Å². The lowest BCUT2D eigenvalue weighted by Crippen LogP contribution is -2.49. The molecule has 8 heteroatoms. The molecule has 1 amide bonds. The first kappa shape index (κ1) is 17.9. The van der Waals surface area contributed by atoms with Crippen molar-refractivity contribution in [3.05, 3.63) is 48.4 Å². The van der Waals surface area contributed by atoms with Crippen molar-refractivity contribution in [1.82, 2.24) is 19.9 Å². The quantitative estimate of drug-likeness (QED) is 0.732. The van der Waals surface area contributed by atoms with E-state index in [9.17, 15) is 4.79 Å². The Labute approximate surface area is 169 Å². The van der Waals surface area contributed by atoms with E-state index in [1.54, 1.807) is 6.33 Å². The third kappa shape index (κ3) is 3.63. The van der Waals surface area contributed by atoms with Crippen LogP contribution in [0.4, 0.5) is 11.6 Å². The standard InChI is InChI=1S/C21H24N6O2/c28-21(18-13-16-3-1-2-4-17(16)24-18)27-7-5-25(6-8-27)19-14-20(23-15-22-19)26-9-11-29-12-10-26/h1-4,13-15,24H,5-12H2. The molecular formula is C21H24N6O2. The summed E-state index contributed by atoms with van der Waals surface area (Å²) in [7, 11) is 0. The molecule has 2 saturated heterocycles. The van der Waals surface area contributed by atoms with Crippen molar-refractivity contribution < 1.29 is 9.53 Å². The highest BCUT2D eigenvalue weighted by Crippen LogP contribution is 2.21. The molecule has 2 aliphatic rings. The number of morpholine rings is 1. The van der Waals surface area contributed by atoms with Crippen LogP contribution in [0.25, 0.3) is 10.9 Å². The largest absolute Gasteiger partial charge is 0.378 e. The highest BCUT2D eigenvalue weighted by atomic mass is 16.5. The molecule has 2 fully saturated rings. The van der Waals surface area contributed by atoms with Gasteiger partial charge in [-0.15, -0.1) is 0 Å². The van der Waals surface area contributed by atoms with Crippen LogP contribution >= 0.6 is 0 Å². The number of benzene rings is 1. The maximum atomic E-state index is 12.9. The summed E-state index contributed by atoms with van der Waals surface area (Å²) in [6, 6.07) is 11.9. The Morgan fingerprint density at radius 2 is 1.59 bits per heavy atom. The summed E-state index contributed by atoms with van der Waals surface area (Å²) in [6.45, 7) is 6.02. The van der Waals surface area contributed by atoms with Gasteiger partial charge in [-0.05, 0) is 12.1 Å².